The zero-order valence-electron chi connectivity index (χ0n) is 7.78. The van der Waals surface area contributed by atoms with E-state index in [0.717, 1.165) is 33.1 Å². The van der Waals surface area contributed by atoms with Gasteiger partial charge in [-0.15, -0.1) is 0 Å². The fourth-order valence-electron chi connectivity index (χ4n) is 1.22. The summed E-state index contributed by atoms with van der Waals surface area (Å²) in [4.78, 5) is 0. The largest absolute Gasteiger partial charge is 0.342 e. The molecule has 0 aliphatic rings. The zero-order valence-corrected chi connectivity index (χ0v) is 8.68. The van der Waals surface area contributed by atoms with Crippen LogP contribution in [0.1, 0.15) is 0 Å². The Morgan fingerprint density at radius 1 is 1.57 bits per heavy atom. The summed E-state index contributed by atoms with van der Waals surface area (Å²) in [6.07, 6.45) is 3.78. The van der Waals surface area contributed by atoms with E-state index in [-0.39, 0.29) is 0 Å². The number of hydrogen-bond donors (Lipinski definition) is 4. The molecular formula is C9H12N4S. The standard InChI is InChI=1S/C9H12N4S/c1-14-9(10)12-7-2-3-8-6(4-7)5-11-13-8/h2-5,12,14H,10H2,1H3,(H,11,13). The lowest BCUT2D eigenvalue weighted by Crippen LogP contribution is -2.19. The molecular weight excluding hydrogens is 196 g/mol. The summed E-state index contributed by atoms with van der Waals surface area (Å²) >= 11 is 1.04. The van der Waals surface area contributed by atoms with Crippen LogP contribution < -0.4 is 11.1 Å². The Balaban J connectivity index is 2.34. The van der Waals surface area contributed by atoms with Gasteiger partial charge in [0.2, 0.25) is 0 Å². The van der Waals surface area contributed by atoms with E-state index in [0.29, 0.717) is 0 Å². The third kappa shape index (κ3) is 1.78. The van der Waals surface area contributed by atoms with Gasteiger partial charge in [-0.25, -0.2) is 0 Å². The lowest BCUT2D eigenvalue weighted by atomic mass is 10.2. The number of fused-ring (bicyclic) bond motifs is 1. The number of hydrogen-bond acceptors (Lipinski definition) is 1. The first-order valence-corrected chi connectivity index (χ1v) is 5.56. The van der Waals surface area contributed by atoms with E-state index in [2.05, 4.69) is 15.5 Å². The average molecular weight is 208 g/mol. The fourth-order valence-corrected chi connectivity index (χ4v) is 1.47. The molecule has 0 bridgehead atoms. The minimum absolute atomic E-state index is 0.743. The maximum absolute atomic E-state index is 5.69. The number of nitrogens with zero attached hydrogens (tertiary/aromatic N) is 1. The van der Waals surface area contributed by atoms with Crippen molar-refractivity contribution >= 4 is 33.1 Å². The quantitative estimate of drug-likeness (QED) is 0.419. The van der Waals surface area contributed by atoms with Crippen LogP contribution >= 0.6 is 11.4 Å². The van der Waals surface area contributed by atoms with Gasteiger partial charge < -0.3 is 5.32 Å². The molecule has 2 rings (SSSR count). The molecule has 0 fully saturated rings. The van der Waals surface area contributed by atoms with E-state index in [1.807, 2.05) is 24.5 Å². The summed E-state index contributed by atoms with van der Waals surface area (Å²) < 4.78 is 0. The van der Waals surface area contributed by atoms with E-state index < -0.39 is 0 Å². The highest BCUT2D eigenvalue weighted by atomic mass is 32.1. The minimum Gasteiger partial charge on any atom is -0.342 e. The van der Waals surface area contributed by atoms with Crippen LogP contribution in [0.25, 0.3) is 10.9 Å². The first-order valence-electron chi connectivity index (χ1n) is 4.22. The second-order valence-corrected chi connectivity index (χ2v) is 3.83. The van der Waals surface area contributed by atoms with Crippen molar-refractivity contribution in [1.82, 2.24) is 10.2 Å². The van der Waals surface area contributed by atoms with Crippen molar-refractivity contribution in [2.75, 3.05) is 11.6 Å². The van der Waals surface area contributed by atoms with Crippen LogP contribution in [0.3, 0.4) is 0 Å². The summed E-state index contributed by atoms with van der Waals surface area (Å²) in [6.45, 7) is 0. The Kier molecular flexibility index (Phi) is 2.51. The van der Waals surface area contributed by atoms with E-state index in [1.165, 1.54) is 0 Å². The monoisotopic (exact) mass is 208 g/mol. The molecule has 1 heterocycles. The van der Waals surface area contributed by atoms with Crippen LogP contribution in [0.2, 0.25) is 0 Å². The van der Waals surface area contributed by atoms with Crippen LogP contribution in [0, 0.1) is 0 Å². The van der Waals surface area contributed by atoms with E-state index >= 15 is 0 Å². The Morgan fingerprint density at radius 3 is 3.21 bits per heavy atom. The Morgan fingerprint density at radius 2 is 2.43 bits per heavy atom. The highest BCUT2D eigenvalue weighted by Crippen LogP contribution is 2.16. The van der Waals surface area contributed by atoms with Crippen molar-refractivity contribution in [3.05, 3.63) is 24.4 Å². The van der Waals surface area contributed by atoms with Crippen molar-refractivity contribution in [2.45, 2.75) is 0 Å². The number of thiol groups is 1. The normalized spacial score (nSPS) is 12.6. The third-order valence-electron chi connectivity index (χ3n) is 1.95. The number of rotatable bonds is 1. The molecule has 0 saturated heterocycles. The van der Waals surface area contributed by atoms with Crippen LogP contribution in [0.15, 0.2) is 24.4 Å². The van der Waals surface area contributed by atoms with Crippen LogP contribution in [0.5, 0.6) is 0 Å². The average Bonchev–Trinajstić information content (AvgIpc) is 2.64. The number of aromatic amines is 1. The molecule has 0 atom stereocenters. The van der Waals surface area contributed by atoms with Gasteiger partial charge in [0.05, 0.1) is 11.7 Å². The first kappa shape index (κ1) is 9.23. The summed E-state index contributed by atoms with van der Waals surface area (Å²) in [5, 5.41) is 11.8. The number of nitrogens with one attached hydrogen (secondary N) is 2. The molecule has 0 saturated carbocycles. The molecule has 0 aliphatic heterocycles. The van der Waals surface area contributed by atoms with Gasteiger partial charge in [0.1, 0.15) is 5.11 Å². The molecule has 0 radical (unpaired) electrons. The van der Waals surface area contributed by atoms with E-state index in [1.54, 1.807) is 6.20 Å². The van der Waals surface area contributed by atoms with Gasteiger partial charge >= 0.3 is 0 Å². The maximum atomic E-state index is 5.69. The predicted molar refractivity (Wildman–Crippen MR) is 63.8 cm³/mol. The number of nitrogens with two attached hydrogens (primary N) is 1. The fraction of sp³-hybridized carbons (Fsp3) is 0.111. The molecule has 1 aromatic heterocycles. The van der Waals surface area contributed by atoms with E-state index in [4.69, 9.17) is 5.73 Å². The highest BCUT2D eigenvalue weighted by molar-refractivity contribution is 7.98. The first-order chi connectivity index (χ1) is 6.79. The summed E-state index contributed by atoms with van der Waals surface area (Å²) in [5.74, 6) is 0. The van der Waals surface area contributed by atoms with Gasteiger partial charge in [0.25, 0.3) is 0 Å². The van der Waals surface area contributed by atoms with Gasteiger partial charge in [-0.05, 0) is 24.5 Å². The molecule has 0 aliphatic carbocycles. The van der Waals surface area contributed by atoms with Gasteiger partial charge in [-0.3, -0.25) is 10.8 Å². The topological polar surface area (TPSA) is 66.7 Å². The molecule has 0 spiro atoms. The number of benzene rings is 1. The van der Waals surface area contributed by atoms with Crippen LogP contribution in [-0.2, 0) is 0 Å². The predicted octanol–water partition coefficient (Wildman–Crippen LogP) is 1.12. The van der Waals surface area contributed by atoms with Crippen molar-refractivity contribution in [2.24, 2.45) is 5.73 Å². The summed E-state index contributed by atoms with van der Waals surface area (Å²) in [5.41, 5.74) is 7.72. The molecule has 5 heteroatoms. The smallest absolute Gasteiger partial charge is 0.102 e. The minimum atomic E-state index is 0.743. The zero-order chi connectivity index (χ0) is 9.97. The highest BCUT2D eigenvalue weighted by Gasteiger charge is 1.97. The van der Waals surface area contributed by atoms with Gasteiger partial charge in [0.15, 0.2) is 0 Å². The Labute approximate surface area is 85.5 Å². The van der Waals surface area contributed by atoms with Crippen molar-refractivity contribution in [3.63, 3.8) is 0 Å². The summed E-state index contributed by atoms with van der Waals surface area (Å²) in [7, 11) is 0. The SMILES string of the molecule is C[SH]=C(N)Nc1ccc2[nH]ncc2c1. The van der Waals surface area contributed by atoms with E-state index in [9.17, 15) is 0 Å². The second kappa shape index (κ2) is 3.81. The Bertz CT molecular complexity index is 474. The van der Waals surface area contributed by atoms with Crippen molar-refractivity contribution in [1.29, 1.82) is 0 Å². The Hall–Kier alpha value is -1.33. The van der Waals surface area contributed by atoms with Crippen molar-refractivity contribution < 1.29 is 0 Å². The van der Waals surface area contributed by atoms with Gasteiger partial charge in [-0.1, -0.05) is 0 Å². The molecule has 1 aromatic carbocycles. The number of anilines is 1. The molecule has 2 aromatic rings. The van der Waals surface area contributed by atoms with Crippen LogP contribution in [0.4, 0.5) is 5.69 Å². The van der Waals surface area contributed by atoms with Gasteiger partial charge in [-0.2, -0.15) is 16.4 Å². The molecule has 4 nitrogen and oxygen atoms in total. The number of H-pyrrole nitrogens is 1. The second-order valence-electron chi connectivity index (χ2n) is 2.91. The van der Waals surface area contributed by atoms with Gasteiger partial charge in [0, 0.05) is 11.1 Å². The lowest BCUT2D eigenvalue weighted by Gasteiger charge is -2.04. The van der Waals surface area contributed by atoms with Crippen LogP contribution in [-0.4, -0.2) is 21.6 Å². The summed E-state index contributed by atoms with van der Waals surface area (Å²) in [6, 6.07) is 5.96. The van der Waals surface area contributed by atoms with Crippen molar-refractivity contribution in [3.8, 4) is 0 Å². The number of aromatic nitrogens is 2. The lowest BCUT2D eigenvalue weighted by molar-refractivity contribution is 1.12. The maximum Gasteiger partial charge on any atom is 0.102 e. The molecule has 14 heavy (non-hydrogen) atoms. The molecule has 74 valence electrons. The molecule has 0 amide bonds. The third-order valence-corrected chi connectivity index (χ3v) is 2.55. The molecule has 4 N–H and O–H groups in total. The molecule has 0 unspecified atom stereocenters.